The summed E-state index contributed by atoms with van der Waals surface area (Å²) in [6.07, 6.45) is 2.90. The molecule has 1 atom stereocenters. The Morgan fingerprint density at radius 2 is 1.58 bits per heavy atom. The van der Waals surface area contributed by atoms with Crippen molar-refractivity contribution in [2.45, 2.75) is 51.6 Å². The van der Waals surface area contributed by atoms with Crippen LogP contribution in [0.25, 0.3) is 0 Å². The second kappa shape index (κ2) is 15.4. The maximum Gasteiger partial charge on any atom is 0.243 e. The van der Waals surface area contributed by atoms with Gasteiger partial charge in [-0.15, -0.1) is 0 Å². The fourth-order valence-electron chi connectivity index (χ4n) is 4.08. The summed E-state index contributed by atoms with van der Waals surface area (Å²) in [4.78, 5) is 28.6. The molecule has 38 heavy (non-hydrogen) atoms. The van der Waals surface area contributed by atoms with Gasteiger partial charge in [-0.05, 0) is 60.4 Å². The predicted octanol–water partition coefficient (Wildman–Crippen LogP) is 5.55. The van der Waals surface area contributed by atoms with Crippen LogP contribution in [0.2, 0.25) is 0 Å². The Balaban J connectivity index is 1.75. The number of methoxy groups -OCH3 is 1. The van der Waals surface area contributed by atoms with Crippen molar-refractivity contribution in [3.05, 3.63) is 95.8 Å². The number of hydrogen-bond acceptors (Lipinski definition) is 4. The number of ether oxygens (including phenoxy) is 2. The molecule has 0 fully saturated rings. The van der Waals surface area contributed by atoms with Crippen LogP contribution in [0.15, 0.2) is 78.9 Å². The summed E-state index contributed by atoms with van der Waals surface area (Å²) in [5.74, 6) is 0.747. The van der Waals surface area contributed by atoms with Crippen LogP contribution >= 0.6 is 0 Å². The highest BCUT2D eigenvalue weighted by atomic mass is 19.1. The van der Waals surface area contributed by atoms with Gasteiger partial charge >= 0.3 is 0 Å². The third-order valence-corrected chi connectivity index (χ3v) is 6.23. The first kappa shape index (κ1) is 28.7. The Morgan fingerprint density at radius 1 is 0.895 bits per heavy atom. The van der Waals surface area contributed by atoms with E-state index in [1.807, 2.05) is 54.6 Å². The van der Waals surface area contributed by atoms with Crippen LogP contribution in [-0.2, 0) is 22.6 Å². The molecular weight excluding hydrogens is 483 g/mol. The Bertz CT molecular complexity index is 1120. The van der Waals surface area contributed by atoms with E-state index < -0.39 is 6.04 Å². The minimum Gasteiger partial charge on any atom is -0.497 e. The number of halogens is 1. The van der Waals surface area contributed by atoms with E-state index >= 15 is 0 Å². The zero-order chi connectivity index (χ0) is 27.2. The Hall–Kier alpha value is -3.87. The summed E-state index contributed by atoms with van der Waals surface area (Å²) in [7, 11) is 1.61. The van der Waals surface area contributed by atoms with Gasteiger partial charge in [0.25, 0.3) is 0 Å². The minimum atomic E-state index is -0.700. The van der Waals surface area contributed by atoms with Gasteiger partial charge in [0, 0.05) is 25.9 Å². The number of amides is 2. The summed E-state index contributed by atoms with van der Waals surface area (Å²) in [6.45, 7) is 3.17. The molecule has 0 saturated carbocycles. The highest BCUT2D eigenvalue weighted by Gasteiger charge is 2.30. The van der Waals surface area contributed by atoms with Gasteiger partial charge in [0.2, 0.25) is 11.8 Å². The standard InChI is InChI=1S/C31H37FN2O4/c1-3-4-20-33-31(36)29(22-24-9-6-5-7-10-24)34(23-25-12-14-26(32)15-13-25)30(35)11-8-21-38-28-18-16-27(37-2)17-19-28/h5-7,9-10,12-19,29H,3-4,8,11,20-23H2,1-2H3,(H,33,36)/t29-/m1/s1. The van der Waals surface area contributed by atoms with Crippen molar-refractivity contribution in [2.24, 2.45) is 0 Å². The molecule has 3 aromatic carbocycles. The second-order valence-corrected chi connectivity index (χ2v) is 9.13. The van der Waals surface area contributed by atoms with E-state index in [9.17, 15) is 14.0 Å². The quantitative estimate of drug-likeness (QED) is 0.267. The maximum absolute atomic E-state index is 13.6. The molecule has 0 aliphatic rings. The highest BCUT2D eigenvalue weighted by Crippen LogP contribution is 2.19. The van der Waals surface area contributed by atoms with Crippen molar-refractivity contribution in [3.8, 4) is 11.5 Å². The number of unbranched alkanes of at least 4 members (excludes halogenated alkanes) is 1. The highest BCUT2D eigenvalue weighted by molar-refractivity contribution is 5.88. The monoisotopic (exact) mass is 520 g/mol. The molecule has 0 saturated heterocycles. The lowest BCUT2D eigenvalue weighted by molar-refractivity contribution is -0.141. The van der Waals surface area contributed by atoms with Crippen LogP contribution in [-0.4, -0.2) is 43.0 Å². The van der Waals surface area contributed by atoms with Crippen molar-refractivity contribution in [1.29, 1.82) is 0 Å². The van der Waals surface area contributed by atoms with Crippen LogP contribution < -0.4 is 14.8 Å². The van der Waals surface area contributed by atoms with Gasteiger partial charge in [-0.2, -0.15) is 0 Å². The molecule has 0 spiro atoms. The number of nitrogens with zero attached hydrogens (tertiary/aromatic N) is 1. The summed E-state index contributed by atoms with van der Waals surface area (Å²) in [5, 5.41) is 3.00. The van der Waals surface area contributed by atoms with Crippen LogP contribution in [0.3, 0.4) is 0 Å². The molecule has 6 nitrogen and oxygen atoms in total. The zero-order valence-corrected chi connectivity index (χ0v) is 22.2. The third kappa shape index (κ3) is 9.21. The van der Waals surface area contributed by atoms with Crippen LogP contribution in [0.1, 0.15) is 43.7 Å². The van der Waals surface area contributed by atoms with Gasteiger partial charge in [-0.25, -0.2) is 4.39 Å². The Morgan fingerprint density at radius 3 is 2.24 bits per heavy atom. The predicted molar refractivity (Wildman–Crippen MR) is 147 cm³/mol. The number of benzene rings is 3. The number of nitrogens with one attached hydrogen (secondary N) is 1. The van der Waals surface area contributed by atoms with Gasteiger partial charge in [0.15, 0.2) is 0 Å². The lowest BCUT2D eigenvalue weighted by atomic mass is 10.0. The van der Waals surface area contributed by atoms with Crippen LogP contribution in [0.5, 0.6) is 11.5 Å². The van der Waals surface area contributed by atoms with E-state index in [1.54, 1.807) is 24.1 Å². The molecule has 1 N–H and O–H groups in total. The Labute approximate surface area is 224 Å². The first-order chi connectivity index (χ1) is 18.5. The summed E-state index contributed by atoms with van der Waals surface area (Å²) in [5.41, 5.74) is 1.72. The largest absolute Gasteiger partial charge is 0.497 e. The van der Waals surface area contributed by atoms with E-state index in [2.05, 4.69) is 12.2 Å². The zero-order valence-electron chi connectivity index (χ0n) is 22.2. The molecule has 202 valence electrons. The van der Waals surface area contributed by atoms with E-state index in [0.29, 0.717) is 31.7 Å². The number of carbonyl (C=O) groups excluding carboxylic acids is 2. The number of carbonyl (C=O) groups is 2. The molecule has 0 radical (unpaired) electrons. The molecule has 0 aliphatic carbocycles. The first-order valence-corrected chi connectivity index (χ1v) is 13.1. The lowest BCUT2D eigenvalue weighted by Gasteiger charge is -2.31. The molecule has 2 amide bonds. The third-order valence-electron chi connectivity index (χ3n) is 6.23. The number of rotatable bonds is 15. The van der Waals surface area contributed by atoms with Crippen molar-refractivity contribution >= 4 is 11.8 Å². The fourth-order valence-corrected chi connectivity index (χ4v) is 4.08. The van der Waals surface area contributed by atoms with E-state index in [-0.39, 0.29) is 30.6 Å². The van der Waals surface area contributed by atoms with Gasteiger partial charge < -0.3 is 19.7 Å². The fraction of sp³-hybridized carbons (Fsp3) is 0.355. The molecule has 3 aromatic rings. The molecule has 0 bridgehead atoms. The topological polar surface area (TPSA) is 67.9 Å². The molecule has 7 heteroatoms. The van der Waals surface area contributed by atoms with Gasteiger partial charge in [0.1, 0.15) is 23.4 Å². The summed E-state index contributed by atoms with van der Waals surface area (Å²) in [6, 6.07) is 22.3. The van der Waals surface area contributed by atoms with Crippen molar-refractivity contribution in [2.75, 3.05) is 20.3 Å². The van der Waals surface area contributed by atoms with Crippen molar-refractivity contribution in [1.82, 2.24) is 10.2 Å². The molecule has 0 unspecified atom stereocenters. The van der Waals surface area contributed by atoms with Crippen LogP contribution in [0, 0.1) is 5.82 Å². The minimum absolute atomic E-state index is 0.153. The van der Waals surface area contributed by atoms with E-state index in [1.165, 1.54) is 12.1 Å². The SMILES string of the molecule is CCCCNC(=O)[C@@H](Cc1ccccc1)N(Cc1ccc(F)cc1)C(=O)CCCOc1ccc(OC)cc1. The van der Waals surface area contributed by atoms with Gasteiger partial charge in [0.05, 0.1) is 13.7 Å². The number of hydrogen-bond donors (Lipinski definition) is 1. The van der Waals surface area contributed by atoms with Gasteiger partial charge in [-0.3, -0.25) is 9.59 Å². The summed E-state index contributed by atoms with van der Waals surface area (Å²) >= 11 is 0. The average Bonchev–Trinajstić information content (AvgIpc) is 2.95. The Kier molecular flexibility index (Phi) is 11.6. The smallest absolute Gasteiger partial charge is 0.243 e. The molecular formula is C31H37FN2O4. The van der Waals surface area contributed by atoms with Gasteiger partial charge in [-0.1, -0.05) is 55.8 Å². The first-order valence-electron chi connectivity index (χ1n) is 13.1. The molecule has 0 aliphatic heterocycles. The molecule has 0 heterocycles. The van der Waals surface area contributed by atoms with E-state index in [0.717, 1.165) is 29.7 Å². The molecule has 3 rings (SSSR count). The van der Waals surface area contributed by atoms with Crippen LogP contribution in [0.4, 0.5) is 4.39 Å². The van der Waals surface area contributed by atoms with Crippen molar-refractivity contribution in [3.63, 3.8) is 0 Å². The van der Waals surface area contributed by atoms with Crippen molar-refractivity contribution < 1.29 is 23.5 Å². The maximum atomic E-state index is 13.6. The second-order valence-electron chi connectivity index (χ2n) is 9.13. The molecule has 0 aromatic heterocycles. The lowest BCUT2D eigenvalue weighted by Crippen LogP contribution is -2.50. The normalized spacial score (nSPS) is 11.4. The summed E-state index contributed by atoms with van der Waals surface area (Å²) < 4.78 is 24.5. The van der Waals surface area contributed by atoms with E-state index in [4.69, 9.17) is 9.47 Å². The average molecular weight is 521 g/mol.